The first-order valence-corrected chi connectivity index (χ1v) is 13.7. The van der Waals surface area contributed by atoms with Gasteiger partial charge in [0.2, 0.25) is 5.71 Å². The van der Waals surface area contributed by atoms with Crippen molar-refractivity contribution in [3.05, 3.63) is 40.3 Å². The van der Waals surface area contributed by atoms with Gasteiger partial charge < -0.3 is 19.2 Å². The number of carboxylic acids is 1. The molecule has 2 aliphatic carbocycles. The Morgan fingerprint density at radius 1 is 1.00 bits per heavy atom. The molecule has 0 radical (unpaired) electrons. The van der Waals surface area contributed by atoms with Gasteiger partial charge in [0.15, 0.2) is 5.69 Å². The van der Waals surface area contributed by atoms with Gasteiger partial charge >= 0.3 is 5.97 Å². The van der Waals surface area contributed by atoms with Crippen LogP contribution in [-0.2, 0) is 14.4 Å². The van der Waals surface area contributed by atoms with Gasteiger partial charge in [0.25, 0.3) is 5.56 Å². The van der Waals surface area contributed by atoms with Gasteiger partial charge in [-0.3, -0.25) is 9.69 Å². The molecule has 0 spiro atoms. The number of fused-ring (bicyclic) bond motifs is 5. The lowest BCUT2D eigenvalue weighted by Gasteiger charge is -2.54. The van der Waals surface area contributed by atoms with Gasteiger partial charge in [-0.15, -0.1) is 0 Å². The normalized spacial score (nSPS) is 32.6. The van der Waals surface area contributed by atoms with Crippen molar-refractivity contribution in [2.75, 3.05) is 20.3 Å². The zero-order valence-electron chi connectivity index (χ0n) is 21.4. The Hall–Kier alpha value is -2.78. The van der Waals surface area contributed by atoms with E-state index in [2.05, 4.69) is 15.0 Å². The molecule has 9 nitrogen and oxygen atoms in total. The van der Waals surface area contributed by atoms with Crippen LogP contribution in [0, 0.1) is 11.8 Å². The highest BCUT2D eigenvalue weighted by molar-refractivity contribution is 6.41. The average molecular weight is 509 g/mol. The summed E-state index contributed by atoms with van der Waals surface area (Å²) >= 11 is 0. The summed E-state index contributed by atoms with van der Waals surface area (Å²) in [4.78, 5) is 37.7. The largest absolute Gasteiger partial charge is 0.476 e. The van der Waals surface area contributed by atoms with E-state index in [4.69, 9.17) is 9.57 Å². The van der Waals surface area contributed by atoms with Crippen molar-refractivity contribution in [2.24, 2.45) is 17.0 Å². The van der Waals surface area contributed by atoms with Crippen molar-refractivity contribution in [1.29, 1.82) is 0 Å². The first-order valence-electron chi connectivity index (χ1n) is 13.7. The Kier molecular flexibility index (Phi) is 6.75. The van der Waals surface area contributed by atoms with E-state index in [0.29, 0.717) is 24.8 Å². The summed E-state index contributed by atoms with van der Waals surface area (Å²) in [6.45, 7) is 1.35. The van der Waals surface area contributed by atoms with Gasteiger partial charge in [0.1, 0.15) is 7.11 Å². The number of piperidine rings is 1. The number of hydrogen-bond acceptors (Lipinski definition) is 7. The molecule has 1 N–H and O–H groups in total. The Morgan fingerprint density at radius 3 is 2.32 bits per heavy atom. The molecular formula is C28H36N4O5. The van der Waals surface area contributed by atoms with Gasteiger partial charge in [0.05, 0.1) is 24.2 Å². The Morgan fingerprint density at radius 2 is 1.68 bits per heavy atom. The van der Waals surface area contributed by atoms with Crippen molar-refractivity contribution >= 4 is 22.7 Å². The number of morpholine rings is 1. The van der Waals surface area contributed by atoms with E-state index in [1.165, 1.54) is 52.1 Å². The van der Waals surface area contributed by atoms with Crippen LogP contribution in [0.15, 0.2) is 34.2 Å². The molecule has 37 heavy (non-hydrogen) atoms. The maximum Gasteiger partial charge on any atom is 0.360 e. The minimum atomic E-state index is -1.34. The fraction of sp³-hybridized carbons (Fsp3) is 0.643. The number of oxime groups is 1. The Labute approximate surface area is 216 Å². The first-order chi connectivity index (χ1) is 18.0. The third-order valence-corrected chi connectivity index (χ3v) is 9.10. The van der Waals surface area contributed by atoms with Crippen LogP contribution >= 0.6 is 0 Å². The van der Waals surface area contributed by atoms with Gasteiger partial charge in [0, 0.05) is 24.2 Å². The first kappa shape index (κ1) is 24.6. The maximum absolute atomic E-state index is 13.8. The smallest absolute Gasteiger partial charge is 0.360 e. The number of benzene rings is 1. The molecular weight excluding hydrogens is 472 g/mol. The number of aromatic nitrogens is 2. The van der Waals surface area contributed by atoms with E-state index in [9.17, 15) is 14.7 Å². The minimum Gasteiger partial charge on any atom is -0.476 e. The van der Waals surface area contributed by atoms with Crippen molar-refractivity contribution < 1.29 is 19.5 Å². The van der Waals surface area contributed by atoms with E-state index in [1.54, 1.807) is 4.57 Å². The van der Waals surface area contributed by atoms with E-state index in [-0.39, 0.29) is 23.8 Å². The second-order valence-electron chi connectivity index (χ2n) is 11.3. The molecule has 1 aromatic carbocycles. The number of nitrogens with zero attached hydrogens (tertiary/aromatic N) is 4. The highest BCUT2D eigenvalue weighted by atomic mass is 16.6. The van der Waals surface area contributed by atoms with Crippen LogP contribution in [0.1, 0.15) is 69.5 Å². The highest BCUT2D eigenvalue weighted by Gasteiger charge is 2.46. The summed E-state index contributed by atoms with van der Waals surface area (Å²) in [5.41, 5.74) is 0.200. The summed E-state index contributed by atoms with van der Waals surface area (Å²) in [6, 6.07) is 8.45. The summed E-state index contributed by atoms with van der Waals surface area (Å²) < 4.78 is 7.82. The number of ether oxygens (including phenoxy) is 1. The van der Waals surface area contributed by atoms with E-state index in [0.717, 1.165) is 30.2 Å². The SMILES string of the molecule is CON=C(C(=O)O)c1nc2ccccc2n(C2C[C@H]3COC[C@H](C2)N3C2CC3CCCCC(C3)C2)c1=O. The lowest BCUT2D eigenvalue weighted by atomic mass is 9.75. The molecule has 0 amide bonds. The van der Waals surface area contributed by atoms with Gasteiger partial charge in [-0.2, -0.15) is 0 Å². The number of carbonyl (C=O) groups is 1. The number of aliphatic carboxylic acids is 1. The van der Waals surface area contributed by atoms with Crippen LogP contribution in [0.3, 0.4) is 0 Å². The lowest BCUT2D eigenvalue weighted by Crippen LogP contribution is -2.62. The minimum absolute atomic E-state index is 0.0715. The quantitative estimate of drug-likeness (QED) is 0.486. The molecule has 2 unspecified atom stereocenters. The summed E-state index contributed by atoms with van der Waals surface area (Å²) in [7, 11) is 1.26. The predicted molar refractivity (Wildman–Crippen MR) is 139 cm³/mol. The Balaban J connectivity index is 1.36. The second kappa shape index (κ2) is 10.2. The highest BCUT2D eigenvalue weighted by Crippen LogP contribution is 2.44. The maximum atomic E-state index is 13.8. The standard InChI is InChI=1S/C28H36N4O5/c1-36-30-26(28(34)35)25-27(33)32(24-9-5-4-8-23(24)29-25)20-13-21-15-37-16-22(14-20)31(21)19-11-17-6-2-3-7-18(10-17)12-19/h4-5,8-9,17-22H,2-3,6-7,10-16H2,1H3,(H,34,35)/t17?,18?,19?,21-,22-/m0/s1. The third kappa shape index (κ3) is 4.56. The molecule has 198 valence electrons. The third-order valence-electron chi connectivity index (χ3n) is 9.10. The number of hydrogen-bond donors (Lipinski definition) is 1. The van der Waals surface area contributed by atoms with Crippen LogP contribution in [0.2, 0.25) is 0 Å². The number of para-hydroxylation sites is 2. The zero-order valence-corrected chi connectivity index (χ0v) is 21.4. The van der Waals surface area contributed by atoms with Crippen molar-refractivity contribution in [1.82, 2.24) is 14.5 Å². The molecule has 9 heteroatoms. The average Bonchev–Trinajstić information content (AvgIpc) is 3.05. The van der Waals surface area contributed by atoms with Crippen molar-refractivity contribution in [2.45, 2.75) is 82.0 Å². The molecule has 2 saturated carbocycles. The molecule has 3 heterocycles. The van der Waals surface area contributed by atoms with Crippen LogP contribution < -0.4 is 5.56 Å². The zero-order chi connectivity index (χ0) is 25.5. The number of rotatable bonds is 5. The van der Waals surface area contributed by atoms with Crippen LogP contribution in [0.25, 0.3) is 11.0 Å². The molecule has 4 bridgehead atoms. The molecule has 6 rings (SSSR count). The van der Waals surface area contributed by atoms with Gasteiger partial charge in [-0.25, -0.2) is 9.78 Å². The second-order valence-corrected chi connectivity index (χ2v) is 11.3. The fourth-order valence-corrected chi connectivity index (χ4v) is 7.78. The van der Waals surface area contributed by atoms with Gasteiger partial charge in [-0.05, 0) is 56.1 Å². The summed E-state index contributed by atoms with van der Waals surface area (Å²) in [5.74, 6) is 0.344. The molecule has 4 atom stereocenters. The van der Waals surface area contributed by atoms with E-state index >= 15 is 0 Å². The molecule has 4 aliphatic rings. The molecule has 2 aromatic rings. The van der Waals surface area contributed by atoms with Gasteiger partial charge in [-0.1, -0.05) is 43.0 Å². The molecule has 2 aliphatic heterocycles. The van der Waals surface area contributed by atoms with Crippen LogP contribution in [0.5, 0.6) is 0 Å². The van der Waals surface area contributed by atoms with Crippen LogP contribution in [0.4, 0.5) is 0 Å². The lowest BCUT2D eigenvalue weighted by molar-refractivity contribution is -0.129. The van der Waals surface area contributed by atoms with E-state index in [1.807, 2.05) is 24.3 Å². The predicted octanol–water partition coefficient (Wildman–Crippen LogP) is 3.59. The summed E-state index contributed by atoms with van der Waals surface area (Å²) in [5, 5.41) is 13.4. The molecule has 1 aromatic heterocycles. The number of carboxylic acid groups (broad SMARTS) is 1. The van der Waals surface area contributed by atoms with Crippen LogP contribution in [-0.4, -0.2) is 69.7 Å². The fourth-order valence-electron chi connectivity index (χ4n) is 7.78. The van der Waals surface area contributed by atoms with E-state index < -0.39 is 17.2 Å². The summed E-state index contributed by atoms with van der Waals surface area (Å²) in [6.07, 6.45) is 11.0. The topological polar surface area (TPSA) is 106 Å². The molecule has 2 saturated heterocycles. The van der Waals surface area contributed by atoms with Crippen molar-refractivity contribution in [3.8, 4) is 0 Å². The Bertz CT molecular complexity index is 1230. The van der Waals surface area contributed by atoms with Crippen molar-refractivity contribution in [3.63, 3.8) is 0 Å². The monoisotopic (exact) mass is 508 g/mol. The molecule has 4 fully saturated rings.